The predicted octanol–water partition coefficient (Wildman–Crippen LogP) is 2.21. The van der Waals surface area contributed by atoms with Crippen LogP contribution in [0.5, 0.6) is 0 Å². The molecule has 1 aromatic carbocycles. The first-order valence-electron chi connectivity index (χ1n) is 4.99. The largest absolute Gasteiger partial charge is 0.480 e. The number of carbonyl (C=O) groups is 1. The fourth-order valence-corrected chi connectivity index (χ4v) is 3.01. The van der Waals surface area contributed by atoms with Crippen LogP contribution in [0.25, 0.3) is 0 Å². The third kappa shape index (κ3) is 2.29. The molecule has 1 atom stereocenters. The van der Waals surface area contributed by atoms with Crippen LogP contribution in [0.1, 0.15) is 6.92 Å². The van der Waals surface area contributed by atoms with E-state index in [1.54, 1.807) is 22.7 Å². The van der Waals surface area contributed by atoms with E-state index in [0.717, 1.165) is 10.6 Å². The molecule has 16 heavy (non-hydrogen) atoms. The SMILES string of the molecule is CC1CN(CC(=O)O)c2ccc(F)cc2S1. The van der Waals surface area contributed by atoms with Crippen LogP contribution >= 0.6 is 11.8 Å². The highest BCUT2D eigenvalue weighted by atomic mass is 32.2. The van der Waals surface area contributed by atoms with Gasteiger partial charge in [-0.2, -0.15) is 0 Å². The summed E-state index contributed by atoms with van der Waals surface area (Å²) in [7, 11) is 0. The number of aliphatic carboxylic acids is 1. The third-order valence-electron chi connectivity index (χ3n) is 2.39. The van der Waals surface area contributed by atoms with Crippen molar-refractivity contribution in [3.63, 3.8) is 0 Å². The van der Waals surface area contributed by atoms with Crippen LogP contribution in [-0.2, 0) is 4.79 Å². The summed E-state index contributed by atoms with van der Waals surface area (Å²) in [6.45, 7) is 2.65. The van der Waals surface area contributed by atoms with Gasteiger partial charge in [-0.25, -0.2) is 4.39 Å². The van der Waals surface area contributed by atoms with E-state index in [9.17, 15) is 9.18 Å². The molecule has 0 radical (unpaired) electrons. The van der Waals surface area contributed by atoms with Crippen molar-refractivity contribution in [2.75, 3.05) is 18.0 Å². The Morgan fingerprint density at radius 2 is 2.44 bits per heavy atom. The van der Waals surface area contributed by atoms with Crippen LogP contribution in [0.2, 0.25) is 0 Å². The van der Waals surface area contributed by atoms with Gasteiger partial charge >= 0.3 is 5.97 Å². The van der Waals surface area contributed by atoms with Crippen molar-refractivity contribution in [1.82, 2.24) is 0 Å². The number of hydrogen-bond acceptors (Lipinski definition) is 3. The lowest BCUT2D eigenvalue weighted by Crippen LogP contribution is -2.37. The molecule has 1 unspecified atom stereocenters. The minimum absolute atomic E-state index is 0.0382. The Kier molecular flexibility index (Phi) is 3.05. The fourth-order valence-electron chi connectivity index (χ4n) is 1.82. The van der Waals surface area contributed by atoms with E-state index in [1.807, 2.05) is 6.92 Å². The first kappa shape index (κ1) is 11.3. The van der Waals surface area contributed by atoms with Gasteiger partial charge in [-0.3, -0.25) is 4.79 Å². The van der Waals surface area contributed by atoms with Gasteiger partial charge in [0.2, 0.25) is 0 Å². The molecular weight excluding hydrogens is 229 g/mol. The molecule has 0 fully saturated rings. The van der Waals surface area contributed by atoms with Gasteiger partial charge in [0.05, 0.1) is 5.69 Å². The Balaban J connectivity index is 2.34. The second kappa shape index (κ2) is 4.33. The highest BCUT2D eigenvalue weighted by Gasteiger charge is 2.24. The summed E-state index contributed by atoms with van der Waals surface area (Å²) in [6.07, 6.45) is 0. The van der Waals surface area contributed by atoms with Crippen molar-refractivity contribution in [3.8, 4) is 0 Å². The van der Waals surface area contributed by atoms with Gasteiger partial charge in [0.15, 0.2) is 0 Å². The van der Waals surface area contributed by atoms with E-state index in [1.165, 1.54) is 12.1 Å². The van der Waals surface area contributed by atoms with E-state index in [4.69, 9.17) is 5.11 Å². The fraction of sp³-hybridized carbons (Fsp3) is 0.364. The Labute approximate surface area is 97.3 Å². The van der Waals surface area contributed by atoms with E-state index in [2.05, 4.69) is 0 Å². The zero-order valence-corrected chi connectivity index (χ0v) is 9.63. The third-order valence-corrected chi connectivity index (χ3v) is 3.53. The number of anilines is 1. The molecule has 86 valence electrons. The number of hydrogen-bond donors (Lipinski definition) is 1. The lowest BCUT2D eigenvalue weighted by atomic mass is 10.2. The van der Waals surface area contributed by atoms with E-state index >= 15 is 0 Å². The quantitative estimate of drug-likeness (QED) is 0.861. The molecule has 1 aliphatic rings. The van der Waals surface area contributed by atoms with Crippen LogP contribution in [0, 0.1) is 5.82 Å². The van der Waals surface area contributed by atoms with Crippen LogP contribution in [-0.4, -0.2) is 29.4 Å². The number of nitrogens with zero attached hydrogens (tertiary/aromatic N) is 1. The van der Waals surface area contributed by atoms with Gasteiger partial charge in [-0.15, -0.1) is 11.8 Å². The minimum Gasteiger partial charge on any atom is -0.480 e. The molecule has 1 aliphatic heterocycles. The zero-order chi connectivity index (χ0) is 11.7. The smallest absolute Gasteiger partial charge is 0.323 e. The average molecular weight is 241 g/mol. The topological polar surface area (TPSA) is 40.5 Å². The van der Waals surface area contributed by atoms with Gasteiger partial charge in [-0.1, -0.05) is 6.92 Å². The van der Waals surface area contributed by atoms with Crippen molar-refractivity contribution >= 4 is 23.4 Å². The highest BCUT2D eigenvalue weighted by Crippen LogP contribution is 2.38. The molecular formula is C11H12FNO2S. The molecule has 0 bridgehead atoms. The van der Waals surface area contributed by atoms with Crippen molar-refractivity contribution in [3.05, 3.63) is 24.0 Å². The summed E-state index contributed by atoms with van der Waals surface area (Å²) in [6, 6.07) is 4.47. The number of halogens is 1. The summed E-state index contributed by atoms with van der Waals surface area (Å²) in [4.78, 5) is 13.3. The molecule has 1 heterocycles. The molecule has 0 saturated carbocycles. The Morgan fingerprint density at radius 3 is 3.12 bits per heavy atom. The van der Waals surface area contributed by atoms with E-state index in [-0.39, 0.29) is 17.6 Å². The summed E-state index contributed by atoms with van der Waals surface area (Å²) in [5.74, 6) is -1.15. The normalized spacial score (nSPS) is 19.4. The van der Waals surface area contributed by atoms with Gasteiger partial charge in [0, 0.05) is 16.7 Å². The molecule has 3 nitrogen and oxygen atoms in total. The number of carboxylic acid groups (broad SMARTS) is 1. The second-order valence-corrected chi connectivity index (χ2v) is 5.30. The van der Waals surface area contributed by atoms with Gasteiger partial charge < -0.3 is 10.0 Å². The van der Waals surface area contributed by atoms with E-state index < -0.39 is 5.97 Å². The maximum Gasteiger partial charge on any atom is 0.323 e. The van der Waals surface area contributed by atoms with Crippen molar-refractivity contribution in [1.29, 1.82) is 0 Å². The van der Waals surface area contributed by atoms with Gasteiger partial charge in [0.25, 0.3) is 0 Å². The predicted molar refractivity (Wildman–Crippen MR) is 61.6 cm³/mol. The molecule has 0 aromatic heterocycles. The Morgan fingerprint density at radius 1 is 1.69 bits per heavy atom. The maximum atomic E-state index is 13.1. The number of fused-ring (bicyclic) bond motifs is 1. The van der Waals surface area contributed by atoms with Gasteiger partial charge in [0.1, 0.15) is 12.4 Å². The average Bonchev–Trinajstić information content (AvgIpc) is 2.15. The maximum absolute atomic E-state index is 13.1. The van der Waals surface area contributed by atoms with Crippen LogP contribution < -0.4 is 4.90 Å². The molecule has 0 amide bonds. The molecule has 1 aromatic rings. The van der Waals surface area contributed by atoms with E-state index in [0.29, 0.717) is 6.54 Å². The van der Waals surface area contributed by atoms with Crippen LogP contribution in [0.4, 0.5) is 10.1 Å². The monoisotopic (exact) mass is 241 g/mol. The lowest BCUT2D eigenvalue weighted by Gasteiger charge is -2.33. The summed E-state index contributed by atoms with van der Waals surface area (Å²) in [5.41, 5.74) is 0.812. The van der Waals surface area contributed by atoms with Crippen LogP contribution in [0.15, 0.2) is 23.1 Å². The van der Waals surface area contributed by atoms with Crippen molar-refractivity contribution in [2.45, 2.75) is 17.1 Å². The minimum atomic E-state index is -0.866. The summed E-state index contributed by atoms with van der Waals surface area (Å²) < 4.78 is 13.1. The first-order chi connectivity index (χ1) is 7.56. The standard InChI is InChI=1S/C11H12FNO2S/c1-7-5-13(6-11(14)15)9-3-2-8(12)4-10(9)16-7/h2-4,7H,5-6H2,1H3,(H,14,15). The van der Waals surface area contributed by atoms with Gasteiger partial charge in [-0.05, 0) is 18.2 Å². The lowest BCUT2D eigenvalue weighted by molar-refractivity contribution is -0.135. The Bertz CT molecular complexity index is 424. The molecule has 0 spiro atoms. The second-order valence-electron chi connectivity index (χ2n) is 3.81. The number of rotatable bonds is 2. The van der Waals surface area contributed by atoms with Crippen LogP contribution in [0.3, 0.4) is 0 Å². The zero-order valence-electron chi connectivity index (χ0n) is 8.81. The highest BCUT2D eigenvalue weighted by molar-refractivity contribution is 8.00. The molecule has 0 saturated heterocycles. The summed E-state index contributed by atoms with van der Waals surface area (Å²) in [5, 5.41) is 9.08. The Hall–Kier alpha value is -1.23. The number of carboxylic acids is 1. The first-order valence-corrected chi connectivity index (χ1v) is 5.87. The van der Waals surface area contributed by atoms with Crippen molar-refractivity contribution < 1.29 is 14.3 Å². The summed E-state index contributed by atoms with van der Waals surface area (Å²) >= 11 is 1.58. The molecule has 0 aliphatic carbocycles. The number of thioether (sulfide) groups is 1. The molecule has 5 heteroatoms. The molecule has 1 N–H and O–H groups in total. The molecule has 2 rings (SSSR count). The van der Waals surface area contributed by atoms with Crippen molar-refractivity contribution in [2.24, 2.45) is 0 Å². The number of benzene rings is 1.